The lowest BCUT2D eigenvalue weighted by Gasteiger charge is -2.37. The fourth-order valence-electron chi connectivity index (χ4n) is 6.06. The first kappa shape index (κ1) is 26.4. The van der Waals surface area contributed by atoms with Crippen LogP contribution in [0.2, 0.25) is 0 Å². The summed E-state index contributed by atoms with van der Waals surface area (Å²) < 4.78 is 6.57. The number of Topliss-reactive ketones (excluding diaryl/α,β-unsaturated/α-hetero) is 1. The van der Waals surface area contributed by atoms with Gasteiger partial charge < -0.3 is 33.0 Å². The molecule has 9 N–H and O–H groups in total. The molecule has 2 aliphatic rings. The molecule has 1 fully saturated rings. The van der Waals surface area contributed by atoms with Gasteiger partial charge in [0, 0.05) is 46.0 Å². The third kappa shape index (κ3) is 4.24. The number of carbonyl (C=O) groups is 2. The van der Waals surface area contributed by atoms with Crippen molar-refractivity contribution in [1.29, 1.82) is 0 Å². The molecule has 0 radical (unpaired) electrons. The lowest BCUT2D eigenvalue weighted by atomic mass is 9.70. The van der Waals surface area contributed by atoms with Crippen molar-refractivity contribution in [3.63, 3.8) is 0 Å². The van der Waals surface area contributed by atoms with E-state index >= 15 is 0 Å². The molecule has 0 bridgehead atoms. The lowest BCUT2D eigenvalue weighted by molar-refractivity contribution is -0.124. The van der Waals surface area contributed by atoms with Gasteiger partial charge in [-0.2, -0.15) is 0 Å². The minimum atomic E-state index is -1.59. The second-order valence-electron chi connectivity index (χ2n) is 10.7. The first-order valence-electron chi connectivity index (χ1n) is 13.4. The van der Waals surface area contributed by atoms with Crippen LogP contribution in [0.15, 0.2) is 54.6 Å². The van der Waals surface area contributed by atoms with E-state index in [1.54, 1.807) is 31.2 Å². The van der Waals surface area contributed by atoms with Gasteiger partial charge in [-0.15, -0.1) is 11.3 Å². The number of aromatic nitrogens is 1. The van der Waals surface area contributed by atoms with Crippen LogP contribution in [-0.4, -0.2) is 28.8 Å². The lowest BCUT2D eigenvalue weighted by Crippen LogP contribution is -2.53. The summed E-state index contributed by atoms with van der Waals surface area (Å²) in [7, 11) is 0. The fourth-order valence-corrected chi connectivity index (χ4v) is 7.26. The van der Waals surface area contributed by atoms with Crippen molar-refractivity contribution >= 4 is 38.8 Å². The smallest absolute Gasteiger partial charge is 0.261 e. The summed E-state index contributed by atoms with van der Waals surface area (Å²) in [6, 6.07) is 15.1. The molecule has 206 valence electrons. The minimum Gasteiger partial charge on any atom is -0.439 e. The van der Waals surface area contributed by atoms with E-state index in [2.05, 4.69) is 10.3 Å². The first-order valence-corrected chi connectivity index (χ1v) is 14.2. The average molecular weight is 557 g/mol. The Kier molecular flexibility index (Phi) is 6.58. The van der Waals surface area contributed by atoms with Gasteiger partial charge in [0.15, 0.2) is 5.78 Å². The van der Waals surface area contributed by atoms with Gasteiger partial charge in [0.05, 0.1) is 15.6 Å². The highest BCUT2D eigenvalue weighted by Gasteiger charge is 2.49. The van der Waals surface area contributed by atoms with Gasteiger partial charge >= 0.3 is 0 Å². The van der Waals surface area contributed by atoms with E-state index in [-0.39, 0.29) is 18.0 Å². The van der Waals surface area contributed by atoms with E-state index in [9.17, 15) is 9.59 Å². The Bertz CT molecular complexity index is 1640. The number of ketones is 1. The zero-order chi connectivity index (χ0) is 28.2. The molecule has 10 heteroatoms. The Hall–Kier alpha value is -3.83. The van der Waals surface area contributed by atoms with Crippen LogP contribution in [0.25, 0.3) is 10.1 Å². The van der Waals surface area contributed by atoms with E-state index in [0.29, 0.717) is 61.1 Å². The summed E-state index contributed by atoms with van der Waals surface area (Å²) in [5.41, 5.74) is 27.1. The minimum absolute atomic E-state index is 0.0278. The van der Waals surface area contributed by atoms with Crippen LogP contribution < -0.4 is 33.0 Å². The molecule has 2 unspecified atom stereocenters. The van der Waals surface area contributed by atoms with E-state index in [1.807, 2.05) is 30.3 Å². The Morgan fingerprint density at radius 2 is 1.82 bits per heavy atom. The predicted molar refractivity (Wildman–Crippen MR) is 156 cm³/mol. The summed E-state index contributed by atoms with van der Waals surface area (Å²) in [5, 5.41) is 3.78. The molecule has 0 aliphatic heterocycles. The Morgan fingerprint density at radius 1 is 1.07 bits per heavy atom. The third-order valence-corrected chi connectivity index (χ3v) is 9.27. The van der Waals surface area contributed by atoms with Gasteiger partial charge in [0.1, 0.15) is 11.3 Å². The van der Waals surface area contributed by atoms with Crippen LogP contribution in [0.4, 0.5) is 5.69 Å². The molecule has 6 rings (SSSR count). The first-order chi connectivity index (χ1) is 19.2. The molecule has 2 aromatic carbocycles. The van der Waals surface area contributed by atoms with Crippen molar-refractivity contribution in [2.24, 2.45) is 17.2 Å². The number of amides is 1. The van der Waals surface area contributed by atoms with Crippen LogP contribution in [0.1, 0.15) is 63.8 Å². The summed E-state index contributed by atoms with van der Waals surface area (Å²) >= 11 is 1.24. The number of carbonyl (C=O) groups excluding carboxylic acids is 2. The SMILES string of the molecule is Cc1nc(Oc2ccccc2)ccc1C1(N)C(=O)C(N)c2c(C(=O)N[C@H]3CCC[C@@H](N)C3)sc3c(N)ccc1c23. The Morgan fingerprint density at radius 3 is 2.55 bits per heavy atom. The predicted octanol–water partition coefficient (Wildman–Crippen LogP) is 3.76. The van der Waals surface area contributed by atoms with Crippen molar-refractivity contribution in [2.45, 2.75) is 56.3 Å². The van der Waals surface area contributed by atoms with Gasteiger partial charge in [0.25, 0.3) is 5.91 Å². The summed E-state index contributed by atoms with van der Waals surface area (Å²) in [6.45, 7) is 1.78. The van der Waals surface area contributed by atoms with Crippen molar-refractivity contribution < 1.29 is 14.3 Å². The maximum absolute atomic E-state index is 14.1. The van der Waals surface area contributed by atoms with E-state index in [0.717, 1.165) is 19.3 Å². The third-order valence-electron chi connectivity index (χ3n) is 8.02. The number of benzene rings is 2. The zero-order valence-electron chi connectivity index (χ0n) is 22.1. The highest BCUT2D eigenvalue weighted by molar-refractivity contribution is 7.21. The molecular weight excluding hydrogens is 524 g/mol. The number of para-hydroxylation sites is 1. The van der Waals surface area contributed by atoms with Crippen LogP contribution in [0.3, 0.4) is 0 Å². The highest BCUT2D eigenvalue weighted by Crippen LogP contribution is 2.50. The van der Waals surface area contributed by atoms with Gasteiger partial charge in [-0.25, -0.2) is 4.98 Å². The molecule has 4 aromatic rings. The second kappa shape index (κ2) is 9.97. The number of nitrogens with zero attached hydrogens (tertiary/aromatic N) is 1. The van der Waals surface area contributed by atoms with E-state index < -0.39 is 17.4 Å². The fraction of sp³-hybridized carbons (Fsp3) is 0.300. The molecule has 1 amide bonds. The molecule has 2 heterocycles. The van der Waals surface area contributed by atoms with Crippen LogP contribution in [0, 0.1) is 6.92 Å². The number of hydrogen-bond donors (Lipinski definition) is 5. The normalized spacial score (nSPS) is 24.2. The van der Waals surface area contributed by atoms with Crippen molar-refractivity contribution in [3.05, 3.63) is 81.9 Å². The van der Waals surface area contributed by atoms with Gasteiger partial charge in [-0.05, 0) is 62.4 Å². The molecule has 0 spiro atoms. The number of nitrogens with one attached hydrogen (secondary N) is 1. The molecule has 4 atom stereocenters. The quantitative estimate of drug-likeness (QED) is 0.231. The number of ether oxygens (including phenoxy) is 1. The average Bonchev–Trinajstić information content (AvgIpc) is 3.34. The number of nitrogen functional groups attached to an aromatic ring is 1. The maximum atomic E-state index is 14.1. The van der Waals surface area contributed by atoms with Gasteiger partial charge in [-0.3, -0.25) is 9.59 Å². The topological polar surface area (TPSA) is 172 Å². The number of rotatable bonds is 5. The van der Waals surface area contributed by atoms with Crippen LogP contribution >= 0.6 is 11.3 Å². The number of hydrogen-bond acceptors (Lipinski definition) is 9. The molecule has 0 saturated heterocycles. The molecule has 1 saturated carbocycles. The number of anilines is 1. The summed E-state index contributed by atoms with van der Waals surface area (Å²) in [4.78, 5) is 32.6. The summed E-state index contributed by atoms with van der Waals surface area (Å²) in [6.07, 6.45) is 3.48. The monoisotopic (exact) mass is 556 g/mol. The maximum Gasteiger partial charge on any atom is 0.261 e. The zero-order valence-corrected chi connectivity index (χ0v) is 23.0. The highest BCUT2D eigenvalue weighted by atomic mass is 32.1. The Balaban J connectivity index is 1.43. The van der Waals surface area contributed by atoms with Crippen molar-refractivity contribution in [2.75, 3.05) is 5.73 Å². The van der Waals surface area contributed by atoms with Crippen LogP contribution in [0.5, 0.6) is 11.6 Å². The summed E-state index contributed by atoms with van der Waals surface area (Å²) in [5.74, 6) is 0.335. The van der Waals surface area contributed by atoms with Crippen molar-refractivity contribution in [3.8, 4) is 11.6 Å². The van der Waals surface area contributed by atoms with Crippen LogP contribution in [-0.2, 0) is 10.3 Å². The van der Waals surface area contributed by atoms with Crippen molar-refractivity contribution in [1.82, 2.24) is 10.3 Å². The molecule has 9 nitrogen and oxygen atoms in total. The number of pyridine rings is 1. The molecular formula is C30H32N6O3S. The standard InChI is InChI=1S/C30H32N6O3S/c1-15-19(11-13-22(35-15)39-18-8-3-2-4-9-18)30(34)20-10-12-21(32)26-23(20)24(25(33)28(30)37)27(40-26)29(38)36-17-7-5-6-16(31)14-17/h2-4,8-13,16-17,25H,5-7,14,31-34H2,1H3,(H,36,38)/t16-,17+,25?,30?/m1/s1. The molecule has 2 aliphatic carbocycles. The second-order valence-corrected chi connectivity index (χ2v) is 11.7. The Labute approximate surface area is 235 Å². The number of aryl methyl sites for hydroxylation is 1. The van der Waals surface area contributed by atoms with Gasteiger partial charge in [-0.1, -0.05) is 24.3 Å². The van der Waals surface area contributed by atoms with E-state index in [4.69, 9.17) is 27.7 Å². The molecule has 2 aromatic heterocycles. The largest absolute Gasteiger partial charge is 0.439 e. The number of nitrogens with two attached hydrogens (primary N) is 4. The number of thiophene rings is 1. The molecule has 40 heavy (non-hydrogen) atoms. The van der Waals surface area contributed by atoms with Gasteiger partial charge in [0.2, 0.25) is 5.88 Å². The van der Waals surface area contributed by atoms with E-state index in [1.165, 1.54) is 11.3 Å².